The number of nitrogens with one attached hydrogen (secondary N) is 2. The molecule has 2 aromatic carbocycles. The molecule has 0 aliphatic carbocycles. The molecule has 0 amide bonds. The second-order valence-electron chi connectivity index (χ2n) is 5.95. The van der Waals surface area contributed by atoms with Crippen molar-refractivity contribution >= 4 is 29.9 Å². The van der Waals surface area contributed by atoms with Crippen molar-refractivity contribution in [3.8, 4) is 11.5 Å². The molecule has 0 saturated carbocycles. The molecule has 0 aliphatic heterocycles. The molecule has 2 aromatic rings. The highest BCUT2D eigenvalue weighted by molar-refractivity contribution is 14.0. The van der Waals surface area contributed by atoms with Crippen LogP contribution in [0.2, 0.25) is 0 Å². The van der Waals surface area contributed by atoms with E-state index in [9.17, 15) is 9.50 Å². The van der Waals surface area contributed by atoms with Crippen molar-refractivity contribution in [2.45, 2.75) is 26.4 Å². The van der Waals surface area contributed by atoms with E-state index in [2.05, 4.69) is 15.6 Å². The van der Waals surface area contributed by atoms with Gasteiger partial charge in [-0.3, -0.25) is 0 Å². The maximum Gasteiger partial charge on any atom is 0.191 e. The van der Waals surface area contributed by atoms with Gasteiger partial charge in [0.15, 0.2) is 5.96 Å². The molecular formula is C20H27FIN3O2. The van der Waals surface area contributed by atoms with Gasteiger partial charge in [-0.2, -0.15) is 0 Å². The minimum atomic E-state index is -0.319. The van der Waals surface area contributed by atoms with Gasteiger partial charge in [-0.05, 0) is 50.1 Å². The van der Waals surface area contributed by atoms with E-state index in [1.165, 1.54) is 12.1 Å². The van der Waals surface area contributed by atoms with E-state index in [0.29, 0.717) is 24.8 Å². The lowest BCUT2D eigenvalue weighted by Gasteiger charge is -2.15. The molecule has 1 atom stereocenters. The summed E-state index contributed by atoms with van der Waals surface area (Å²) in [5.74, 6) is 1.14. The van der Waals surface area contributed by atoms with E-state index < -0.39 is 0 Å². The zero-order valence-electron chi connectivity index (χ0n) is 15.6. The van der Waals surface area contributed by atoms with E-state index >= 15 is 0 Å². The summed E-state index contributed by atoms with van der Waals surface area (Å²) in [6.07, 6.45) is 0.590. The number of phenolic OH excluding ortho intramolecular Hbond substituents is 1. The Hall–Kier alpha value is -2.03. The fraction of sp³-hybridized carbons (Fsp3) is 0.350. The molecule has 27 heavy (non-hydrogen) atoms. The van der Waals surface area contributed by atoms with Crippen LogP contribution in [-0.4, -0.2) is 36.8 Å². The van der Waals surface area contributed by atoms with Crippen molar-refractivity contribution in [1.29, 1.82) is 0 Å². The van der Waals surface area contributed by atoms with Gasteiger partial charge >= 0.3 is 0 Å². The normalized spacial score (nSPS) is 12.0. The molecule has 0 aliphatic rings. The SMILES string of the molecule is CCNC(=NCC(C)Oc1cccc(F)c1)NCCc1cccc(O)c1.I. The molecule has 0 bridgehead atoms. The summed E-state index contributed by atoms with van der Waals surface area (Å²) in [6.45, 7) is 5.77. The lowest BCUT2D eigenvalue weighted by molar-refractivity contribution is 0.229. The quantitative estimate of drug-likeness (QED) is 0.302. The van der Waals surface area contributed by atoms with Crippen LogP contribution in [0.25, 0.3) is 0 Å². The number of aliphatic imine (C=N–C) groups is 1. The third-order valence-corrected chi connectivity index (χ3v) is 3.60. The summed E-state index contributed by atoms with van der Waals surface area (Å²) >= 11 is 0. The lowest BCUT2D eigenvalue weighted by atomic mass is 10.1. The summed E-state index contributed by atoms with van der Waals surface area (Å²) in [5.41, 5.74) is 1.05. The predicted molar refractivity (Wildman–Crippen MR) is 118 cm³/mol. The van der Waals surface area contributed by atoms with Gasteiger partial charge in [0.25, 0.3) is 0 Å². The predicted octanol–water partition coefficient (Wildman–Crippen LogP) is 3.71. The largest absolute Gasteiger partial charge is 0.508 e. The average Bonchev–Trinajstić information content (AvgIpc) is 2.60. The van der Waals surface area contributed by atoms with Crippen LogP contribution in [-0.2, 0) is 6.42 Å². The third-order valence-electron chi connectivity index (χ3n) is 3.60. The number of guanidine groups is 1. The molecule has 7 heteroatoms. The smallest absolute Gasteiger partial charge is 0.191 e. The fourth-order valence-electron chi connectivity index (χ4n) is 2.41. The molecular weight excluding hydrogens is 460 g/mol. The van der Waals surface area contributed by atoms with Gasteiger partial charge in [0.05, 0.1) is 6.54 Å². The summed E-state index contributed by atoms with van der Waals surface area (Å²) in [7, 11) is 0. The van der Waals surface area contributed by atoms with Gasteiger partial charge in [-0.1, -0.05) is 18.2 Å². The van der Waals surface area contributed by atoms with Crippen LogP contribution in [0.4, 0.5) is 4.39 Å². The van der Waals surface area contributed by atoms with E-state index in [-0.39, 0.29) is 41.6 Å². The summed E-state index contributed by atoms with van der Waals surface area (Å²) in [6, 6.07) is 13.3. The minimum Gasteiger partial charge on any atom is -0.508 e. The second-order valence-corrected chi connectivity index (χ2v) is 5.95. The molecule has 148 valence electrons. The maximum absolute atomic E-state index is 13.2. The van der Waals surface area contributed by atoms with Crippen LogP contribution in [0.3, 0.4) is 0 Å². The van der Waals surface area contributed by atoms with Crippen LogP contribution < -0.4 is 15.4 Å². The molecule has 3 N–H and O–H groups in total. The highest BCUT2D eigenvalue weighted by atomic mass is 127. The molecule has 0 fully saturated rings. The monoisotopic (exact) mass is 487 g/mol. The molecule has 0 spiro atoms. The molecule has 0 aromatic heterocycles. The van der Waals surface area contributed by atoms with Crippen LogP contribution in [0, 0.1) is 5.82 Å². The molecule has 0 heterocycles. The van der Waals surface area contributed by atoms with Crippen molar-refractivity contribution in [2.75, 3.05) is 19.6 Å². The first-order chi connectivity index (χ1) is 12.6. The van der Waals surface area contributed by atoms with Crippen LogP contribution in [0.15, 0.2) is 53.5 Å². The number of hydrogen-bond acceptors (Lipinski definition) is 3. The van der Waals surface area contributed by atoms with Crippen molar-refractivity contribution in [2.24, 2.45) is 4.99 Å². The Morgan fingerprint density at radius 3 is 2.67 bits per heavy atom. The number of hydrogen-bond donors (Lipinski definition) is 3. The number of aromatic hydroxyl groups is 1. The average molecular weight is 487 g/mol. The van der Waals surface area contributed by atoms with Crippen molar-refractivity contribution in [1.82, 2.24) is 10.6 Å². The van der Waals surface area contributed by atoms with E-state index in [1.807, 2.05) is 26.0 Å². The summed E-state index contributed by atoms with van der Waals surface area (Å²) in [4.78, 5) is 4.51. The van der Waals surface area contributed by atoms with Crippen LogP contribution in [0.1, 0.15) is 19.4 Å². The fourth-order valence-corrected chi connectivity index (χ4v) is 2.41. The summed E-state index contributed by atoms with van der Waals surface area (Å²) in [5, 5.41) is 15.9. The molecule has 5 nitrogen and oxygen atoms in total. The molecule has 0 saturated heterocycles. The van der Waals surface area contributed by atoms with Gasteiger partial charge < -0.3 is 20.5 Å². The van der Waals surface area contributed by atoms with Crippen LogP contribution in [0.5, 0.6) is 11.5 Å². The number of nitrogens with zero attached hydrogens (tertiary/aromatic N) is 1. The van der Waals surface area contributed by atoms with Gasteiger partial charge in [0.2, 0.25) is 0 Å². The van der Waals surface area contributed by atoms with Gasteiger partial charge in [0.1, 0.15) is 23.4 Å². The highest BCUT2D eigenvalue weighted by Gasteiger charge is 2.05. The molecule has 2 rings (SSSR count). The van der Waals surface area contributed by atoms with E-state index in [1.54, 1.807) is 24.3 Å². The first-order valence-corrected chi connectivity index (χ1v) is 8.79. The first-order valence-electron chi connectivity index (χ1n) is 8.79. The van der Waals surface area contributed by atoms with Gasteiger partial charge in [-0.25, -0.2) is 9.38 Å². The van der Waals surface area contributed by atoms with Crippen LogP contribution >= 0.6 is 24.0 Å². The number of benzene rings is 2. The topological polar surface area (TPSA) is 65.9 Å². The standard InChI is InChI=1S/C20H26FN3O2.HI/c1-3-22-20(23-11-10-16-6-4-8-18(25)12-16)24-14-15(2)26-19-9-5-7-17(21)13-19;/h4-9,12-13,15,25H,3,10-11,14H2,1-2H3,(H2,22,23,24);1H. The van der Waals surface area contributed by atoms with Crippen molar-refractivity contribution in [3.63, 3.8) is 0 Å². The Labute approximate surface area is 177 Å². The molecule has 0 radical (unpaired) electrons. The zero-order valence-corrected chi connectivity index (χ0v) is 17.9. The Morgan fingerprint density at radius 2 is 1.96 bits per heavy atom. The van der Waals surface area contributed by atoms with Gasteiger partial charge in [0, 0.05) is 19.2 Å². The number of halogens is 2. The number of rotatable bonds is 8. The van der Waals surface area contributed by atoms with E-state index in [0.717, 1.165) is 18.5 Å². The number of phenols is 1. The van der Waals surface area contributed by atoms with Gasteiger partial charge in [-0.15, -0.1) is 24.0 Å². The maximum atomic E-state index is 13.2. The lowest BCUT2D eigenvalue weighted by Crippen LogP contribution is -2.39. The third kappa shape index (κ3) is 8.94. The summed E-state index contributed by atoms with van der Waals surface area (Å²) < 4.78 is 18.9. The Kier molecular flexibility index (Phi) is 10.5. The van der Waals surface area contributed by atoms with Crippen molar-refractivity contribution in [3.05, 3.63) is 59.9 Å². The highest BCUT2D eigenvalue weighted by Crippen LogP contribution is 2.14. The zero-order chi connectivity index (χ0) is 18.8. The second kappa shape index (κ2) is 12.4. The van der Waals surface area contributed by atoms with E-state index in [4.69, 9.17) is 4.74 Å². The Balaban J connectivity index is 0.00000364. The number of ether oxygens (including phenoxy) is 1. The molecule has 1 unspecified atom stereocenters. The first kappa shape index (κ1) is 23.0. The minimum absolute atomic E-state index is 0. The Morgan fingerprint density at radius 1 is 1.19 bits per heavy atom. The van der Waals surface area contributed by atoms with Crippen molar-refractivity contribution < 1.29 is 14.2 Å². The Bertz CT molecular complexity index is 728.